The number of nitrogens with zero attached hydrogens (tertiary/aromatic N) is 2. The number of aliphatic hydroxyl groups is 1. The number of rotatable bonds is 7. The highest BCUT2D eigenvalue weighted by atomic mass is 19.1. The summed E-state index contributed by atoms with van der Waals surface area (Å²) in [5.74, 6) is -1.86. The number of aliphatic hydroxyl groups excluding tert-OH is 1. The first-order valence-corrected chi connectivity index (χ1v) is 8.34. The topological polar surface area (TPSA) is 55.8 Å². The van der Waals surface area contributed by atoms with Crippen molar-refractivity contribution >= 4 is 5.91 Å². The third kappa shape index (κ3) is 5.22. The van der Waals surface area contributed by atoms with Gasteiger partial charge in [-0.25, -0.2) is 8.78 Å². The van der Waals surface area contributed by atoms with E-state index in [1.54, 1.807) is 0 Å². The molecule has 1 aliphatic heterocycles. The Morgan fingerprint density at radius 3 is 2.38 bits per heavy atom. The second-order valence-electron chi connectivity index (χ2n) is 5.98. The van der Waals surface area contributed by atoms with E-state index in [0.717, 1.165) is 44.9 Å². The highest BCUT2D eigenvalue weighted by Crippen LogP contribution is 2.19. The number of benzene rings is 1. The zero-order chi connectivity index (χ0) is 17.5. The van der Waals surface area contributed by atoms with Crippen LogP contribution in [0.4, 0.5) is 8.78 Å². The van der Waals surface area contributed by atoms with Crippen molar-refractivity contribution in [1.82, 2.24) is 15.1 Å². The fourth-order valence-electron chi connectivity index (χ4n) is 2.82. The molecule has 1 aromatic rings. The molecule has 2 N–H and O–H groups in total. The molecule has 1 unspecified atom stereocenters. The van der Waals surface area contributed by atoms with Crippen LogP contribution < -0.4 is 5.32 Å². The molecule has 0 saturated carbocycles. The van der Waals surface area contributed by atoms with Gasteiger partial charge in [-0.3, -0.25) is 4.79 Å². The first-order chi connectivity index (χ1) is 11.5. The summed E-state index contributed by atoms with van der Waals surface area (Å²) in [4.78, 5) is 16.4. The number of halogens is 2. The minimum Gasteiger partial charge on any atom is -0.386 e. The van der Waals surface area contributed by atoms with Crippen molar-refractivity contribution in [2.45, 2.75) is 19.4 Å². The van der Waals surface area contributed by atoms with Gasteiger partial charge in [0.05, 0.1) is 5.56 Å². The number of carbonyl (C=O) groups excluding carboxylic acids is 1. The van der Waals surface area contributed by atoms with Gasteiger partial charge in [0, 0.05) is 45.7 Å². The quantitative estimate of drug-likeness (QED) is 0.781. The van der Waals surface area contributed by atoms with Gasteiger partial charge in [-0.15, -0.1) is 0 Å². The maximum atomic E-state index is 13.6. The van der Waals surface area contributed by atoms with Crippen LogP contribution in [-0.2, 0) is 4.79 Å². The maximum absolute atomic E-state index is 13.6. The van der Waals surface area contributed by atoms with E-state index in [1.807, 2.05) is 0 Å². The normalized spacial score (nSPS) is 17.7. The molecule has 5 nitrogen and oxygen atoms in total. The SMILES string of the molecule is CCN1CCN(CCC(=O)NCC(O)c2c(F)cccc2F)CC1. The molecule has 7 heteroatoms. The van der Waals surface area contributed by atoms with Crippen LogP contribution in [0, 0.1) is 11.6 Å². The Hall–Kier alpha value is -1.57. The molecule has 1 aliphatic rings. The van der Waals surface area contributed by atoms with E-state index in [-0.39, 0.29) is 12.5 Å². The average molecular weight is 341 g/mol. The molecule has 134 valence electrons. The Morgan fingerprint density at radius 1 is 1.21 bits per heavy atom. The van der Waals surface area contributed by atoms with Gasteiger partial charge in [-0.2, -0.15) is 0 Å². The summed E-state index contributed by atoms with van der Waals surface area (Å²) in [7, 11) is 0. The molecule has 1 fully saturated rings. The molecular weight excluding hydrogens is 316 g/mol. The fraction of sp³-hybridized carbons (Fsp3) is 0.588. The van der Waals surface area contributed by atoms with Crippen LogP contribution in [0.3, 0.4) is 0 Å². The van der Waals surface area contributed by atoms with Crippen molar-refractivity contribution in [3.05, 3.63) is 35.4 Å². The lowest BCUT2D eigenvalue weighted by Gasteiger charge is -2.33. The highest BCUT2D eigenvalue weighted by molar-refractivity contribution is 5.76. The average Bonchev–Trinajstić information content (AvgIpc) is 2.58. The second kappa shape index (κ2) is 9.05. The van der Waals surface area contributed by atoms with Gasteiger partial charge < -0.3 is 20.2 Å². The lowest BCUT2D eigenvalue weighted by atomic mass is 10.1. The summed E-state index contributed by atoms with van der Waals surface area (Å²) in [6, 6.07) is 3.40. The zero-order valence-corrected chi connectivity index (χ0v) is 14.0. The monoisotopic (exact) mass is 341 g/mol. The van der Waals surface area contributed by atoms with Gasteiger partial charge in [-0.05, 0) is 18.7 Å². The highest BCUT2D eigenvalue weighted by Gasteiger charge is 2.19. The smallest absolute Gasteiger partial charge is 0.221 e. The molecular formula is C17H25F2N3O2. The van der Waals surface area contributed by atoms with Gasteiger partial charge in [0.15, 0.2) is 0 Å². The Labute approximate surface area is 141 Å². The van der Waals surface area contributed by atoms with Crippen LogP contribution in [0.15, 0.2) is 18.2 Å². The molecule has 1 saturated heterocycles. The molecule has 0 spiro atoms. The van der Waals surface area contributed by atoms with Crippen LogP contribution >= 0.6 is 0 Å². The molecule has 0 bridgehead atoms. The number of hydrogen-bond acceptors (Lipinski definition) is 4. The molecule has 0 aromatic heterocycles. The molecule has 0 radical (unpaired) electrons. The summed E-state index contributed by atoms with van der Waals surface area (Å²) in [6.07, 6.45) is -1.10. The minimum atomic E-state index is -1.40. The fourth-order valence-corrected chi connectivity index (χ4v) is 2.82. The molecule has 0 aliphatic carbocycles. The standard InChI is InChI=1S/C17H25F2N3O2/c1-2-21-8-10-22(11-9-21)7-6-16(24)20-12-15(23)17-13(18)4-3-5-14(17)19/h3-5,15,23H,2,6-12H2,1H3,(H,20,24). The van der Waals surface area contributed by atoms with Gasteiger partial charge in [0.1, 0.15) is 17.7 Å². The Bertz CT molecular complexity index is 528. The molecule has 1 aromatic carbocycles. The van der Waals surface area contributed by atoms with E-state index in [1.165, 1.54) is 6.07 Å². The van der Waals surface area contributed by atoms with Crippen LogP contribution in [-0.4, -0.2) is 66.6 Å². The predicted molar refractivity (Wildman–Crippen MR) is 87.5 cm³/mol. The van der Waals surface area contributed by atoms with E-state index in [4.69, 9.17) is 0 Å². The number of likely N-dealkylation sites (N-methyl/N-ethyl adjacent to an activating group) is 1. The zero-order valence-electron chi connectivity index (χ0n) is 14.0. The van der Waals surface area contributed by atoms with Gasteiger partial charge in [0.2, 0.25) is 5.91 Å². The summed E-state index contributed by atoms with van der Waals surface area (Å²) in [6.45, 7) is 7.49. The van der Waals surface area contributed by atoms with Crippen LogP contribution in [0.5, 0.6) is 0 Å². The summed E-state index contributed by atoms with van der Waals surface area (Å²) >= 11 is 0. The molecule has 1 amide bonds. The number of nitrogens with one attached hydrogen (secondary N) is 1. The predicted octanol–water partition coefficient (Wildman–Crippen LogP) is 1.14. The molecule has 24 heavy (non-hydrogen) atoms. The van der Waals surface area contributed by atoms with Crippen molar-refractivity contribution < 1.29 is 18.7 Å². The number of piperazine rings is 1. The van der Waals surface area contributed by atoms with Gasteiger partial charge in [-0.1, -0.05) is 13.0 Å². The summed E-state index contributed by atoms with van der Waals surface area (Å²) < 4.78 is 27.1. The van der Waals surface area contributed by atoms with Crippen molar-refractivity contribution in [3.8, 4) is 0 Å². The maximum Gasteiger partial charge on any atom is 0.221 e. The van der Waals surface area contributed by atoms with Crippen LogP contribution in [0.2, 0.25) is 0 Å². The van der Waals surface area contributed by atoms with Crippen molar-refractivity contribution in [2.75, 3.05) is 45.8 Å². The Morgan fingerprint density at radius 2 is 1.79 bits per heavy atom. The van der Waals surface area contributed by atoms with Crippen LogP contribution in [0.25, 0.3) is 0 Å². The van der Waals surface area contributed by atoms with Crippen LogP contribution in [0.1, 0.15) is 25.0 Å². The van der Waals surface area contributed by atoms with E-state index in [0.29, 0.717) is 13.0 Å². The summed E-state index contributed by atoms with van der Waals surface area (Å²) in [5.41, 5.74) is -0.409. The van der Waals surface area contributed by atoms with E-state index in [9.17, 15) is 18.7 Å². The third-order valence-corrected chi connectivity index (χ3v) is 4.39. The second-order valence-corrected chi connectivity index (χ2v) is 5.98. The van der Waals surface area contributed by atoms with Crippen molar-refractivity contribution in [3.63, 3.8) is 0 Å². The number of hydrogen-bond donors (Lipinski definition) is 2. The Kier molecular flexibility index (Phi) is 7.08. The van der Waals surface area contributed by atoms with E-state index < -0.39 is 23.3 Å². The number of carbonyl (C=O) groups is 1. The first-order valence-electron chi connectivity index (χ1n) is 8.34. The number of amides is 1. The third-order valence-electron chi connectivity index (χ3n) is 4.39. The molecule has 1 heterocycles. The van der Waals surface area contributed by atoms with E-state index in [2.05, 4.69) is 22.0 Å². The minimum absolute atomic E-state index is 0.208. The lowest BCUT2D eigenvalue weighted by Crippen LogP contribution is -2.47. The molecule has 2 rings (SSSR count). The van der Waals surface area contributed by atoms with Gasteiger partial charge in [0.25, 0.3) is 0 Å². The van der Waals surface area contributed by atoms with E-state index >= 15 is 0 Å². The first kappa shape index (κ1) is 18.8. The van der Waals surface area contributed by atoms with Crippen molar-refractivity contribution in [2.24, 2.45) is 0 Å². The molecule has 1 atom stereocenters. The van der Waals surface area contributed by atoms with Crippen molar-refractivity contribution in [1.29, 1.82) is 0 Å². The lowest BCUT2D eigenvalue weighted by molar-refractivity contribution is -0.122. The largest absolute Gasteiger partial charge is 0.386 e. The Balaban J connectivity index is 1.71. The summed E-state index contributed by atoms with van der Waals surface area (Å²) in [5, 5.41) is 12.4. The van der Waals surface area contributed by atoms with Gasteiger partial charge >= 0.3 is 0 Å².